The summed E-state index contributed by atoms with van der Waals surface area (Å²) >= 11 is 0. The van der Waals surface area contributed by atoms with Gasteiger partial charge >= 0.3 is 5.97 Å². The highest BCUT2D eigenvalue weighted by Crippen LogP contribution is 2.24. The van der Waals surface area contributed by atoms with Crippen LogP contribution in [0.25, 0.3) is 0 Å². The standard InChI is InChI=1S/C18H22N2O5/c1-5-23-14-9-7-6-8-13(14)19-15(21)10-24-18(22)16-12(4)20-25-17(16)11(2)3/h6-9,11H,5,10H2,1-4H3,(H,19,21). The number of ether oxygens (including phenoxy) is 2. The van der Waals surface area contributed by atoms with Gasteiger partial charge in [-0.25, -0.2) is 4.79 Å². The van der Waals surface area contributed by atoms with E-state index in [2.05, 4.69) is 10.5 Å². The first kappa shape index (κ1) is 18.5. The molecule has 25 heavy (non-hydrogen) atoms. The van der Waals surface area contributed by atoms with Crippen LogP contribution in [0, 0.1) is 6.92 Å². The molecule has 0 aliphatic rings. The molecule has 1 N–H and O–H groups in total. The van der Waals surface area contributed by atoms with Crippen LogP contribution in [0.5, 0.6) is 5.75 Å². The number of rotatable bonds is 7. The number of hydrogen-bond acceptors (Lipinski definition) is 6. The fraction of sp³-hybridized carbons (Fsp3) is 0.389. The Labute approximate surface area is 146 Å². The van der Waals surface area contributed by atoms with Gasteiger partial charge in [-0.15, -0.1) is 0 Å². The Morgan fingerprint density at radius 1 is 1.28 bits per heavy atom. The monoisotopic (exact) mass is 346 g/mol. The van der Waals surface area contributed by atoms with Crippen molar-refractivity contribution in [3.8, 4) is 5.75 Å². The number of carbonyl (C=O) groups is 2. The van der Waals surface area contributed by atoms with E-state index in [0.717, 1.165) is 0 Å². The number of carbonyl (C=O) groups excluding carboxylic acids is 2. The van der Waals surface area contributed by atoms with Gasteiger partial charge in [0, 0.05) is 5.92 Å². The Bertz CT molecular complexity index is 752. The van der Waals surface area contributed by atoms with E-state index >= 15 is 0 Å². The Kier molecular flexibility index (Phi) is 6.16. The number of aromatic nitrogens is 1. The van der Waals surface area contributed by atoms with Crippen LogP contribution >= 0.6 is 0 Å². The van der Waals surface area contributed by atoms with Crippen molar-refractivity contribution >= 4 is 17.6 Å². The van der Waals surface area contributed by atoms with Crippen LogP contribution in [0.15, 0.2) is 28.8 Å². The first-order valence-corrected chi connectivity index (χ1v) is 8.09. The molecule has 134 valence electrons. The van der Waals surface area contributed by atoms with E-state index < -0.39 is 18.5 Å². The van der Waals surface area contributed by atoms with Crippen molar-refractivity contribution in [1.82, 2.24) is 5.16 Å². The normalized spacial score (nSPS) is 10.6. The van der Waals surface area contributed by atoms with E-state index in [4.69, 9.17) is 14.0 Å². The lowest BCUT2D eigenvalue weighted by atomic mass is 10.1. The fourth-order valence-electron chi connectivity index (χ4n) is 2.27. The van der Waals surface area contributed by atoms with Gasteiger partial charge in [-0.05, 0) is 26.0 Å². The summed E-state index contributed by atoms with van der Waals surface area (Å²) in [6, 6.07) is 7.05. The first-order chi connectivity index (χ1) is 11.9. The van der Waals surface area contributed by atoms with Crippen molar-refractivity contribution in [2.45, 2.75) is 33.6 Å². The number of amides is 1. The topological polar surface area (TPSA) is 90.7 Å². The summed E-state index contributed by atoms with van der Waals surface area (Å²) in [5.41, 5.74) is 1.24. The molecule has 1 aromatic carbocycles. The van der Waals surface area contributed by atoms with Crippen molar-refractivity contribution in [3.63, 3.8) is 0 Å². The van der Waals surface area contributed by atoms with Gasteiger partial charge in [0.15, 0.2) is 12.4 Å². The minimum Gasteiger partial charge on any atom is -0.492 e. The Morgan fingerprint density at radius 3 is 2.68 bits per heavy atom. The molecule has 7 heteroatoms. The second-order valence-electron chi connectivity index (χ2n) is 5.72. The number of benzene rings is 1. The van der Waals surface area contributed by atoms with Crippen LogP contribution in [0.1, 0.15) is 48.5 Å². The highest BCUT2D eigenvalue weighted by molar-refractivity contribution is 5.97. The number of nitrogens with zero attached hydrogens (tertiary/aromatic N) is 1. The molecule has 0 fully saturated rings. The van der Waals surface area contributed by atoms with E-state index in [9.17, 15) is 9.59 Å². The summed E-state index contributed by atoms with van der Waals surface area (Å²) in [4.78, 5) is 24.3. The molecule has 0 aliphatic carbocycles. The summed E-state index contributed by atoms with van der Waals surface area (Å²) in [7, 11) is 0. The molecule has 0 spiro atoms. The molecule has 0 unspecified atom stereocenters. The molecule has 0 saturated carbocycles. The molecule has 0 radical (unpaired) electrons. The molecule has 1 aromatic heterocycles. The molecular weight excluding hydrogens is 324 g/mol. The minimum absolute atomic E-state index is 0.0179. The predicted molar refractivity (Wildman–Crippen MR) is 91.9 cm³/mol. The van der Waals surface area contributed by atoms with E-state index in [1.165, 1.54) is 0 Å². The second-order valence-corrected chi connectivity index (χ2v) is 5.72. The number of hydrogen-bond donors (Lipinski definition) is 1. The minimum atomic E-state index is -0.629. The summed E-state index contributed by atoms with van der Waals surface area (Å²) < 4.78 is 15.7. The lowest BCUT2D eigenvalue weighted by Gasteiger charge is -2.11. The molecule has 7 nitrogen and oxygen atoms in total. The van der Waals surface area contributed by atoms with Crippen molar-refractivity contribution in [2.24, 2.45) is 0 Å². The highest BCUT2D eigenvalue weighted by atomic mass is 16.5. The third kappa shape index (κ3) is 4.59. The quantitative estimate of drug-likeness (QED) is 0.774. The maximum Gasteiger partial charge on any atom is 0.344 e. The number of nitrogens with one attached hydrogen (secondary N) is 1. The highest BCUT2D eigenvalue weighted by Gasteiger charge is 2.24. The van der Waals surface area contributed by atoms with Crippen LogP contribution in [0.3, 0.4) is 0 Å². The first-order valence-electron chi connectivity index (χ1n) is 8.09. The lowest BCUT2D eigenvalue weighted by molar-refractivity contribution is -0.119. The summed E-state index contributed by atoms with van der Waals surface area (Å²) in [5.74, 6) is -0.0988. The zero-order chi connectivity index (χ0) is 18.4. The summed E-state index contributed by atoms with van der Waals surface area (Å²) in [6.07, 6.45) is 0. The number of esters is 1. The SMILES string of the molecule is CCOc1ccccc1NC(=O)COC(=O)c1c(C)noc1C(C)C. The van der Waals surface area contributed by atoms with Crippen LogP contribution in [0.4, 0.5) is 5.69 Å². The van der Waals surface area contributed by atoms with Gasteiger partial charge in [0.25, 0.3) is 5.91 Å². The van der Waals surface area contributed by atoms with E-state index in [0.29, 0.717) is 29.5 Å². The van der Waals surface area contributed by atoms with Crippen molar-refractivity contribution < 1.29 is 23.6 Å². The van der Waals surface area contributed by atoms with E-state index in [1.807, 2.05) is 26.8 Å². The van der Waals surface area contributed by atoms with Gasteiger partial charge in [0.2, 0.25) is 0 Å². The number of aryl methyl sites for hydroxylation is 1. The van der Waals surface area contributed by atoms with Crippen molar-refractivity contribution in [2.75, 3.05) is 18.5 Å². The van der Waals surface area contributed by atoms with Crippen molar-refractivity contribution in [3.05, 3.63) is 41.3 Å². The van der Waals surface area contributed by atoms with E-state index in [-0.39, 0.29) is 11.5 Å². The van der Waals surface area contributed by atoms with Gasteiger partial charge < -0.3 is 19.3 Å². The molecule has 0 bridgehead atoms. The Hall–Kier alpha value is -2.83. The van der Waals surface area contributed by atoms with Gasteiger partial charge in [0.05, 0.1) is 18.0 Å². The molecule has 0 atom stereocenters. The average Bonchev–Trinajstić information content (AvgIpc) is 2.97. The van der Waals surface area contributed by atoms with Crippen LogP contribution in [-0.2, 0) is 9.53 Å². The maximum atomic E-state index is 12.3. The van der Waals surface area contributed by atoms with Gasteiger partial charge in [-0.3, -0.25) is 4.79 Å². The Morgan fingerprint density at radius 2 is 2.00 bits per heavy atom. The van der Waals surface area contributed by atoms with E-state index in [1.54, 1.807) is 25.1 Å². The fourth-order valence-corrected chi connectivity index (χ4v) is 2.27. The zero-order valence-electron chi connectivity index (χ0n) is 14.8. The zero-order valence-corrected chi connectivity index (χ0v) is 14.8. The molecule has 1 heterocycles. The predicted octanol–water partition coefficient (Wildman–Crippen LogP) is 3.30. The van der Waals surface area contributed by atoms with Crippen LogP contribution in [-0.4, -0.2) is 30.2 Å². The molecule has 0 saturated heterocycles. The van der Waals surface area contributed by atoms with Crippen LogP contribution < -0.4 is 10.1 Å². The van der Waals surface area contributed by atoms with Crippen molar-refractivity contribution in [1.29, 1.82) is 0 Å². The molecule has 2 aromatic rings. The van der Waals surface area contributed by atoms with Crippen LogP contribution in [0.2, 0.25) is 0 Å². The second kappa shape index (κ2) is 8.32. The third-order valence-corrected chi connectivity index (χ3v) is 3.41. The average molecular weight is 346 g/mol. The molecular formula is C18H22N2O5. The smallest absolute Gasteiger partial charge is 0.344 e. The van der Waals surface area contributed by atoms with Gasteiger partial charge in [0.1, 0.15) is 11.3 Å². The largest absolute Gasteiger partial charge is 0.492 e. The lowest BCUT2D eigenvalue weighted by Crippen LogP contribution is -2.22. The summed E-state index contributed by atoms with van der Waals surface area (Å²) in [5, 5.41) is 6.46. The molecule has 0 aliphatic heterocycles. The maximum absolute atomic E-state index is 12.3. The Balaban J connectivity index is 1.99. The number of para-hydroxylation sites is 2. The third-order valence-electron chi connectivity index (χ3n) is 3.41. The summed E-state index contributed by atoms with van der Waals surface area (Å²) in [6.45, 7) is 7.34. The van der Waals surface area contributed by atoms with Gasteiger partial charge in [-0.1, -0.05) is 31.1 Å². The molecule has 1 amide bonds. The molecule has 2 rings (SSSR count). The van der Waals surface area contributed by atoms with Gasteiger partial charge in [-0.2, -0.15) is 0 Å². The number of anilines is 1.